The van der Waals surface area contributed by atoms with Gasteiger partial charge in [-0.05, 0) is 93.5 Å². The summed E-state index contributed by atoms with van der Waals surface area (Å²) < 4.78 is 2.49. The van der Waals surface area contributed by atoms with Gasteiger partial charge in [-0.15, -0.1) is 0 Å². The number of anilines is 3. The third-order valence-corrected chi connectivity index (χ3v) is 9.29. The van der Waals surface area contributed by atoms with Crippen LogP contribution in [-0.4, -0.2) is 4.57 Å². The third kappa shape index (κ3) is 3.61. The molecular weight excluding hydrogens is 532 g/mol. The van der Waals surface area contributed by atoms with E-state index in [0.717, 1.165) is 23.6 Å². The maximum Gasteiger partial charge on any atom is 0.0571 e. The summed E-state index contributed by atoms with van der Waals surface area (Å²) in [5, 5.41) is 10.6. The standard InChI is InChI=1S/C42H30N2/c1-2-43-39-16-10-9-15-35(39)38-27-30-21-25-36-34(24-19-29-20-26-37(42(38)43)41(30)40(29)36)28-17-22-33(23-18-28)44(31-11-5-3-6-12-31)32-13-7-4-8-14-32/h3-27H,2H2,1H3. The van der Waals surface area contributed by atoms with Gasteiger partial charge in [0.15, 0.2) is 0 Å². The number of hydrogen-bond acceptors (Lipinski definition) is 1. The number of benzene rings is 8. The van der Waals surface area contributed by atoms with Crippen LogP contribution in [0.25, 0.3) is 65.3 Å². The van der Waals surface area contributed by atoms with Crippen molar-refractivity contribution in [3.05, 3.63) is 152 Å². The second-order valence-electron chi connectivity index (χ2n) is 11.6. The normalized spacial score (nSPS) is 11.8. The van der Waals surface area contributed by atoms with Gasteiger partial charge in [0.1, 0.15) is 0 Å². The van der Waals surface area contributed by atoms with Crippen LogP contribution in [0, 0.1) is 0 Å². The van der Waals surface area contributed by atoms with Crippen molar-refractivity contribution in [3.8, 4) is 11.1 Å². The van der Waals surface area contributed by atoms with Crippen LogP contribution in [-0.2, 0) is 6.54 Å². The number of aromatic nitrogens is 1. The van der Waals surface area contributed by atoms with Gasteiger partial charge in [-0.25, -0.2) is 0 Å². The van der Waals surface area contributed by atoms with Gasteiger partial charge in [0.25, 0.3) is 0 Å². The van der Waals surface area contributed by atoms with Crippen molar-refractivity contribution < 1.29 is 0 Å². The Bertz CT molecular complexity index is 2410. The molecule has 0 saturated heterocycles. The van der Waals surface area contributed by atoms with E-state index in [4.69, 9.17) is 0 Å². The van der Waals surface area contributed by atoms with E-state index in [9.17, 15) is 0 Å². The molecule has 0 atom stereocenters. The molecule has 0 bridgehead atoms. The molecule has 0 aliphatic rings. The summed E-state index contributed by atoms with van der Waals surface area (Å²) in [7, 11) is 0. The molecule has 0 aliphatic carbocycles. The Morgan fingerprint density at radius 2 is 1.07 bits per heavy atom. The van der Waals surface area contributed by atoms with Crippen LogP contribution in [0.1, 0.15) is 6.92 Å². The number of rotatable bonds is 5. The van der Waals surface area contributed by atoms with Crippen LogP contribution in [0.5, 0.6) is 0 Å². The highest BCUT2D eigenvalue weighted by molar-refractivity contribution is 6.32. The molecule has 0 N–H and O–H groups in total. The number of hydrogen-bond donors (Lipinski definition) is 0. The number of nitrogens with zero attached hydrogens (tertiary/aromatic N) is 2. The fourth-order valence-corrected chi connectivity index (χ4v) is 7.39. The quantitative estimate of drug-likeness (QED) is 0.189. The van der Waals surface area contributed by atoms with E-state index in [1.807, 2.05) is 0 Å². The summed E-state index contributed by atoms with van der Waals surface area (Å²) in [4.78, 5) is 2.31. The minimum atomic E-state index is 0.939. The predicted molar refractivity (Wildman–Crippen MR) is 189 cm³/mol. The molecule has 44 heavy (non-hydrogen) atoms. The summed E-state index contributed by atoms with van der Waals surface area (Å²) in [6.07, 6.45) is 0. The molecular formula is C42H30N2. The van der Waals surface area contributed by atoms with Gasteiger partial charge in [-0.3, -0.25) is 0 Å². The van der Waals surface area contributed by atoms with Gasteiger partial charge < -0.3 is 9.47 Å². The van der Waals surface area contributed by atoms with E-state index >= 15 is 0 Å². The fraction of sp³-hybridized carbons (Fsp3) is 0.0476. The van der Waals surface area contributed by atoms with Crippen molar-refractivity contribution >= 4 is 71.2 Å². The highest BCUT2D eigenvalue weighted by atomic mass is 15.1. The molecule has 1 aromatic heterocycles. The lowest BCUT2D eigenvalue weighted by atomic mass is 9.89. The Hall–Kier alpha value is -5.60. The molecule has 9 rings (SSSR count). The average Bonchev–Trinajstić information content (AvgIpc) is 3.42. The summed E-state index contributed by atoms with van der Waals surface area (Å²) in [6, 6.07) is 55.3. The van der Waals surface area contributed by atoms with E-state index < -0.39 is 0 Å². The maximum absolute atomic E-state index is 2.49. The zero-order valence-electron chi connectivity index (χ0n) is 24.5. The van der Waals surface area contributed by atoms with Crippen molar-refractivity contribution in [1.82, 2.24) is 4.57 Å². The molecule has 0 saturated carbocycles. The summed E-state index contributed by atoms with van der Waals surface area (Å²) in [5.74, 6) is 0. The molecule has 2 heteroatoms. The fourth-order valence-electron chi connectivity index (χ4n) is 7.39. The second kappa shape index (κ2) is 9.72. The minimum absolute atomic E-state index is 0.939. The van der Waals surface area contributed by atoms with E-state index in [-0.39, 0.29) is 0 Å². The number of fused-ring (bicyclic) bond motifs is 4. The first-order valence-electron chi connectivity index (χ1n) is 15.4. The first-order valence-corrected chi connectivity index (χ1v) is 15.4. The maximum atomic E-state index is 2.49. The van der Waals surface area contributed by atoms with Gasteiger partial charge in [-0.2, -0.15) is 0 Å². The zero-order chi connectivity index (χ0) is 29.2. The van der Waals surface area contributed by atoms with E-state index in [1.54, 1.807) is 0 Å². The second-order valence-corrected chi connectivity index (χ2v) is 11.6. The third-order valence-electron chi connectivity index (χ3n) is 9.29. The molecule has 1 heterocycles. The largest absolute Gasteiger partial charge is 0.340 e. The first kappa shape index (κ1) is 24.9. The molecule has 0 amide bonds. The zero-order valence-corrected chi connectivity index (χ0v) is 24.5. The highest BCUT2D eigenvalue weighted by Crippen LogP contribution is 2.44. The van der Waals surface area contributed by atoms with Crippen molar-refractivity contribution in [1.29, 1.82) is 0 Å². The van der Waals surface area contributed by atoms with Gasteiger partial charge >= 0.3 is 0 Å². The topological polar surface area (TPSA) is 8.17 Å². The number of para-hydroxylation sites is 3. The summed E-state index contributed by atoms with van der Waals surface area (Å²) >= 11 is 0. The first-order chi connectivity index (χ1) is 21.8. The lowest BCUT2D eigenvalue weighted by molar-refractivity contribution is 0.829. The Balaban J connectivity index is 1.24. The van der Waals surface area contributed by atoms with E-state index in [1.165, 1.54) is 65.3 Å². The van der Waals surface area contributed by atoms with Crippen LogP contribution < -0.4 is 4.90 Å². The highest BCUT2D eigenvalue weighted by Gasteiger charge is 2.19. The van der Waals surface area contributed by atoms with Gasteiger partial charge in [0.2, 0.25) is 0 Å². The van der Waals surface area contributed by atoms with E-state index in [0.29, 0.717) is 0 Å². The predicted octanol–water partition coefficient (Wildman–Crippen LogP) is 11.8. The van der Waals surface area contributed by atoms with Crippen molar-refractivity contribution in [3.63, 3.8) is 0 Å². The molecule has 0 unspecified atom stereocenters. The molecule has 0 fully saturated rings. The molecule has 9 aromatic rings. The van der Waals surface area contributed by atoms with Crippen LogP contribution in [0.3, 0.4) is 0 Å². The summed E-state index contributed by atoms with van der Waals surface area (Å²) in [6.45, 7) is 3.19. The minimum Gasteiger partial charge on any atom is -0.340 e. The lowest BCUT2D eigenvalue weighted by Crippen LogP contribution is -2.09. The van der Waals surface area contributed by atoms with Crippen LogP contribution in [0.2, 0.25) is 0 Å². The smallest absolute Gasteiger partial charge is 0.0571 e. The Labute approximate surface area is 256 Å². The average molecular weight is 563 g/mol. The van der Waals surface area contributed by atoms with Gasteiger partial charge in [-0.1, -0.05) is 103 Å². The molecule has 0 radical (unpaired) electrons. The van der Waals surface area contributed by atoms with E-state index in [2.05, 4.69) is 168 Å². The Morgan fingerprint density at radius 1 is 0.477 bits per heavy atom. The van der Waals surface area contributed by atoms with Crippen molar-refractivity contribution in [2.75, 3.05) is 4.90 Å². The number of aryl methyl sites for hydroxylation is 1. The molecule has 2 nitrogen and oxygen atoms in total. The monoisotopic (exact) mass is 562 g/mol. The Morgan fingerprint density at radius 3 is 1.80 bits per heavy atom. The molecule has 208 valence electrons. The van der Waals surface area contributed by atoms with Gasteiger partial charge in [0, 0.05) is 45.3 Å². The SMILES string of the molecule is CCn1c2ccccc2c2cc3ccc4c(-c5ccc(N(c6ccccc6)c6ccccc6)cc5)ccc5ccc(c3c54)c21. The molecule has 8 aromatic carbocycles. The Kier molecular flexibility index (Phi) is 5.51. The van der Waals surface area contributed by atoms with Crippen LogP contribution >= 0.6 is 0 Å². The lowest BCUT2D eigenvalue weighted by Gasteiger charge is -2.25. The van der Waals surface area contributed by atoms with Crippen LogP contribution in [0.4, 0.5) is 17.1 Å². The van der Waals surface area contributed by atoms with Crippen molar-refractivity contribution in [2.45, 2.75) is 13.5 Å². The molecule has 0 spiro atoms. The van der Waals surface area contributed by atoms with Crippen LogP contribution in [0.15, 0.2) is 152 Å². The molecule has 0 aliphatic heterocycles. The van der Waals surface area contributed by atoms with Crippen molar-refractivity contribution in [2.24, 2.45) is 0 Å². The summed E-state index contributed by atoms with van der Waals surface area (Å²) in [5.41, 5.74) is 8.56. The van der Waals surface area contributed by atoms with Gasteiger partial charge in [0.05, 0.1) is 5.52 Å².